The molecule has 43 heteroatoms. The van der Waals surface area contributed by atoms with Crippen molar-refractivity contribution in [2.24, 2.45) is 29.6 Å². The molecular formula is C102H108N36O7. The van der Waals surface area contributed by atoms with Crippen LogP contribution in [0, 0.1) is 97.6 Å². The average Bonchev–Trinajstić information content (AvgIpc) is 2.35. The third kappa shape index (κ3) is 20.5. The second-order valence-electron chi connectivity index (χ2n) is 38.1. The smallest absolute Gasteiger partial charge is 0.347 e. The average molecular weight is 1950 g/mol. The molecule has 6 unspecified atom stereocenters. The van der Waals surface area contributed by atoms with Crippen LogP contribution < -0.4 is 22.4 Å². The van der Waals surface area contributed by atoms with E-state index in [9.17, 15) is 66.1 Å². The van der Waals surface area contributed by atoms with E-state index >= 15 is 0 Å². The molecule has 0 amide bonds. The number of H-pyrrole nitrogens is 10. The Labute approximate surface area is 827 Å². The van der Waals surface area contributed by atoms with Gasteiger partial charge in [-0.05, 0) is 131 Å². The Morgan fingerprint density at radius 2 is 0.779 bits per heavy atom. The number of aromatic nitrogens is 30. The summed E-state index contributed by atoms with van der Waals surface area (Å²) in [6, 6.07) is 22.3. The van der Waals surface area contributed by atoms with E-state index in [1.165, 1.54) is 102 Å². The lowest BCUT2D eigenvalue weighted by molar-refractivity contribution is -0.00917. The van der Waals surface area contributed by atoms with Gasteiger partial charge in [0.05, 0.1) is 192 Å². The van der Waals surface area contributed by atoms with Crippen LogP contribution in [0.15, 0.2) is 168 Å². The molecule has 43 nitrogen and oxygen atoms in total. The van der Waals surface area contributed by atoms with Gasteiger partial charge >= 0.3 is 5.69 Å². The van der Waals surface area contributed by atoms with E-state index in [0.29, 0.717) is 159 Å². The van der Waals surface area contributed by atoms with Crippen LogP contribution in [0.3, 0.4) is 0 Å². The van der Waals surface area contributed by atoms with Crippen molar-refractivity contribution in [3.05, 3.63) is 190 Å². The quantitative estimate of drug-likeness (QED) is 0.0267. The van der Waals surface area contributed by atoms with Crippen molar-refractivity contribution in [1.29, 1.82) is 31.6 Å². The van der Waals surface area contributed by atoms with Crippen molar-refractivity contribution >= 4 is 66.2 Å². The van der Waals surface area contributed by atoms with Crippen molar-refractivity contribution < 1.29 is 15.3 Å². The molecule has 0 radical (unpaired) electrons. The molecule has 145 heavy (non-hydrogen) atoms. The van der Waals surface area contributed by atoms with Crippen LogP contribution in [0.25, 0.3) is 134 Å². The van der Waals surface area contributed by atoms with Gasteiger partial charge in [0.1, 0.15) is 71.3 Å². The van der Waals surface area contributed by atoms with E-state index in [0.717, 1.165) is 126 Å². The maximum Gasteiger partial charge on any atom is 0.347 e. The van der Waals surface area contributed by atoms with Crippen LogP contribution in [0.4, 0.5) is 0 Å². The molecule has 18 heterocycles. The highest BCUT2D eigenvalue weighted by Gasteiger charge is 2.42. The van der Waals surface area contributed by atoms with Crippen LogP contribution in [0.2, 0.25) is 0 Å². The minimum atomic E-state index is -0.968. The van der Waals surface area contributed by atoms with E-state index in [1.807, 2.05) is 61.6 Å². The minimum Gasteiger partial charge on any atom is -0.506 e. The molecule has 18 aromatic rings. The van der Waals surface area contributed by atoms with E-state index < -0.39 is 17.3 Å². The summed E-state index contributed by atoms with van der Waals surface area (Å²) >= 11 is 0. The van der Waals surface area contributed by atoms with E-state index in [1.54, 1.807) is 77.4 Å². The fraction of sp³-hybridized carbons (Fsp3) is 0.412. The summed E-state index contributed by atoms with van der Waals surface area (Å²) in [6.07, 6.45) is 60.8. The van der Waals surface area contributed by atoms with Gasteiger partial charge in [-0.3, -0.25) is 48.0 Å². The van der Waals surface area contributed by atoms with Gasteiger partial charge in [0.25, 0.3) is 16.7 Å². The molecule has 18 aromatic heterocycles. The van der Waals surface area contributed by atoms with Crippen LogP contribution in [0.1, 0.15) is 229 Å². The minimum absolute atomic E-state index is 0.0162. The monoisotopic (exact) mass is 1950 g/mol. The molecule has 6 aliphatic carbocycles. The summed E-state index contributed by atoms with van der Waals surface area (Å²) in [6.45, 7) is 0. The van der Waals surface area contributed by atoms with Crippen molar-refractivity contribution in [1.82, 2.24) is 148 Å². The van der Waals surface area contributed by atoms with Crippen LogP contribution >= 0.6 is 0 Å². The number of fused-ring (bicyclic) bond motifs is 6. The first kappa shape index (κ1) is 96.5. The van der Waals surface area contributed by atoms with Crippen LogP contribution in [-0.2, 0) is 0 Å². The summed E-state index contributed by atoms with van der Waals surface area (Å²) in [5, 5.41) is 113. The Morgan fingerprint density at radius 1 is 0.386 bits per heavy atom. The Bertz CT molecular complexity index is 8010. The zero-order chi connectivity index (χ0) is 100. The van der Waals surface area contributed by atoms with E-state index in [2.05, 4.69) is 157 Å². The molecule has 13 N–H and O–H groups in total. The molecule has 0 bridgehead atoms. The Morgan fingerprint density at radius 3 is 1.28 bits per heavy atom. The summed E-state index contributed by atoms with van der Waals surface area (Å²) in [5.74, 6) is 2.53. The number of hydrogen-bond acceptors (Lipinski definition) is 27. The zero-order valence-corrected chi connectivity index (χ0v) is 79.5. The van der Waals surface area contributed by atoms with Crippen molar-refractivity contribution in [3.63, 3.8) is 0 Å². The molecule has 6 atom stereocenters. The SMILES string of the molecule is N#CCC(C1CCCC1)n1[nH]cc(-c2ncnc3[nH]ccc23)c1=O.N#CCC(C1CCCC1)n1cc(-c2[nH]c(=O)nc3[nH]ccc23)cn1.N#CCC(C1CCCC1)n1cc(-c2ncnc3[nH]c(O)cc23)cn1.N#CCC(C1CCCC1)n1cc(-c2ncnc3[nH]cc(O)c23)cn1.N#CCC(C1CCCC1)n1cc(-c2ncnc3[nH]ccc23)c(=O)[nH]1.N#CCC(n1cc(-c2ncnc3[nH]ccc23)c(=O)[nH]1)C1(O)CCCC1. The van der Waals surface area contributed by atoms with Gasteiger partial charge in [-0.2, -0.15) is 51.9 Å². The molecule has 6 aliphatic rings. The van der Waals surface area contributed by atoms with Gasteiger partial charge < -0.3 is 55.3 Å². The lowest BCUT2D eigenvalue weighted by atomic mass is 9.90. The van der Waals surface area contributed by atoms with Gasteiger partial charge in [0.2, 0.25) is 0 Å². The first-order valence-corrected chi connectivity index (χ1v) is 49.5. The number of aliphatic hydroxyl groups is 1. The lowest BCUT2D eigenvalue weighted by Gasteiger charge is -2.31. The van der Waals surface area contributed by atoms with E-state index in [-0.39, 0.29) is 64.9 Å². The van der Waals surface area contributed by atoms with Gasteiger partial charge in [-0.1, -0.05) is 77.0 Å². The Kier molecular flexibility index (Phi) is 29.2. The van der Waals surface area contributed by atoms with Crippen molar-refractivity contribution in [3.8, 4) is 116 Å². The number of aromatic hydroxyl groups is 2. The van der Waals surface area contributed by atoms with Gasteiger partial charge in [-0.25, -0.2) is 59.3 Å². The molecule has 0 spiro atoms. The molecule has 738 valence electrons. The molecule has 0 aromatic carbocycles. The van der Waals surface area contributed by atoms with Crippen LogP contribution in [-0.4, -0.2) is 169 Å². The van der Waals surface area contributed by atoms with Gasteiger partial charge in [-0.15, -0.1) is 0 Å². The van der Waals surface area contributed by atoms with Gasteiger partial charge in [0.15, 0.2) is 5.88 Å². The molecule has 6 fully saturated rings. The normalized spacial score (nSPS) is 16.7. The number of nitriles is 6. The standard InChI is InChI=1S/C17H18N6O2.5C17H18N6O/c18-7-3-13(17(25)5-1-2-6-17)23-9-12(16(24)22-23)14-11-4-8-19-15(11)21-10-20-14;18-7-5-14(11-3-1-2-4-11)23-10-12(9-20-23)15-13-6-8-19-16(13)22-17(24)21-15;18-7-5-14(11-3-1-2-4-11)23-9-13(17(24)22-23)15-12-6-8-19-16(12)21-10-20-15;18-7-5-14(11-3-1-2-4-11)23-17(24)13(9-22-23)15-12-6-8-19-16(12)21-10-20-15;18-6-5-14(11-3-1-2-4-11)23-9-12(8-21-23)16-13-7-15(24)22-17(13)20-10-19-16;18-6-5-13(11-3-1-2-4-11)23-9-12(7-22-23)16-15-14(24)8-19-17(15)21-10-20-16/h4,8-10,13,25H,1-3,5-6H2,(H,22,24)(H,19,20,21);6,8-11,14H,1-5H2,(H2,19,21,22,24);6,8-11,14H,1-5H2,(H,22,24)(H,19,20,21);6,8-11,14,22H,1-5H2,(H,19,20,21);7-11,14,24H,1-5H2,(H,19,20,22);7-11,13,24H,1-5H2,(H,19,20,21). The third-order valence-corrected chi connectivity index (χ3v) is 29.7. The Hall–Kier alpha value is -17.3. The number of hydrogen-bond donors (Lipinski definition) is 13. The summed E-state index contributed by atoms with van der Waals surface area (Å²) < 4.78 is 10.7. The molecular weight excluding hydrogens is 1840 g/mol. The first-order valence-electron chi connectivity index (χ1n) is 49.5. The summed E-state index contributed by atoms with van der Waals surface area (Å²) in [4.78, 5) is 116. The molecule has 24 rings (SSSR count). The Balaban J connectivity index is 0.000000110. The fourth-order valence-electron chi connectivity index (χ4n) is 22.5. The zero-order valence-electron chi connectivity index (χ0n) is 79.5. The largest absolute Gasteiger partial charge is 0.506 e. The number of aromatic amines is 10. The lowest BCUT2D eigenvalue weighted by Crippen LogP contribution is -2.37. The highest BCUT2D eigenvalue weighted by molar-refractivity contribution is 5.96. The predicted octanol–water partition coefficient (Wildman–Crippen LogP) is 16.5. The highest BCUT2D eigenvalue weighted by atomic mass is 16.3. The first-order chi connectivity index (χ1) is 71.0. The predicted molar refractivity (Wildman–Crippen MR) is 534 cm³/mol. The maximum atomic E-state index is 13.0. The molecule has 0 saturated heterocycles. The summed E-state index contributed by atoms with van der Waals surface area (Å²) in [5.41, 5.74) is 9.63. The molecule has 0 aliphatic heterocycles. The van der Waals surface area contributed by atoms with Crippen LogP contribution in [0.5, 0.6) is 11.6 Å². The second kappa shape index (κ2) is 43.8. The molecule has 6 saturated carbocycles. The maximum absolute atomic E-state index is 13.0. The highest BCUT2D eigenvalue weighted by Crippen LogP contribution is 2.45. The number of rotatable bonds is 24. The summed E-state index contributed by atoms with van der Waals surface area (Å²) in [7, 11) is 0. The van der Waals surface area contributed by atoms with Gasteiger partial charge in [0, 0.05) is 118 Å². The van der Waals surface area contributed by atoms with Crippen molar-refractivity contribution in [2.75, 3.05) is 0 Å². The fourth-order valence-corrected chi connectivity index (χ4v) is 22.5. The number of nitrogens with zero attached hydrogens (tertiary/aromatic N) is 26. The number of nitrogens with one attached hydrogen (secondary N) is 10. The topological polar surface area (TPSA) is 640 Å². The second-order valence-corrected chi connectivity index (χ2v) is 38.1. The van der Waals surface area contributed by atoms with Crippen molar-refractivity contribution in [2.45, 2.75) is 234 Å². The third-order valence-electron chi connectivity index (χ3n) is 29.7. The van der Waals surface area contributed by atoms with E-state index in [4.69, 9.17) is 0 Å².